The van der Waals surface area contributed by atoms with E-state index in [4.69, 9.17) is 0 Å². The average Bonchev–Trinajstić information content (AvgIpc) is 2.94. The molecule has 0 saturated carbocycles. The molecule has 0 spiro atoms. The molecule has 0 aliphatic carbocycles. The van der Waals surface area contributed by atoms with Crippen LogP contribution in [0.2, 0.25) is 0 Å². The summed E-state index contributed by atoms with van der Waals surface area (Å²) in [5.74, 6) is 0.115. The molecule has 1 aliphatic rings. The number of likely N-dealkylation sites (tertiary alicyclic amines) is 1. The summed E-state index contributed by atoms with van der Waals surface area (Å²) in [7, 11) is 0. The van der Waals surface area contributed by atoms with Gasteiger partial charge in [0.05, 0.1) is 18.0 Å². The average molecular weight is 286 g/mol. The molecule has 106 valence electrons. The number of carbonyl (C=O) groups is 1. The molecule has 0 aromatic carbocycles. The first-order valence-electron chi connectivity index (χ1n) is 6.15. The summed E-state index contributed by atoms with van der Waals surface area (Å²) in [6, 6.07) is 0.239. The zero-order valence-corrected chi connectivity index (χ0v) is 11.7. The van der Waals surface area contributed by atoms with Crippen LogP contribution in [-0.2, 0) is 4.79 Å². The minimum atomic E-state index is -0.840. The number of aliphatic hydroxyl groups is 2. The number of β-amino-alcohol motifs (C(OH)–C–C–N with tert-alkyl or cyclic N) is 2. The van der Waals surface area contributed by atoms with Gasteiger partial charge in [-0.25, -0.2) is 0 Å². The lowest BCUT2D eigenvalue weighted by Crippen LogP contribution is -2.31. The molecule has 19 heavy (non-hydrogen) atoms. The fourth-order valence-corrected chi connectivity index (χ4v) is 2.83. The summed E-state index contributed by atoms with van der Waals surface area (Å²) < 4.78 is 1.89. The van der Waals surface area contributed by atoms with Crippen molar-refractivity contribution in [2.24, 2.45) is 0 Å². The van der Waals surface area contributed by atoms with Gasteiger partial charge in [0.25, 0.3) is 0 Å². The van der Waals surface area contributed by atoms with Gasteiger partial charge in [-0.3, -0.25) is 4.79 Å². The lowest BCUT2D eigenvalue weighted by Gasteiger charge is -2.15. The van der Waals surface area contributed by atoms with Crippen LogP contribution < -0.4 is 0 Å². The van der Waals surface area contributed by atoms with E-state index >= 15 is 0 Å². The molecular weight excluding hydrogens is 268 g/mol. The highest BCUT2D eigenvalue weighted by Crippen LogP contribution is 2.20. The van der Waals surface area contributed by atoms with Crippen LogP contribution in [0.3, 0.4) is 0 Å². The van der Waals surface area contributed by atoms with Crippen molar-refractivity contribution < 1.29 is 15.0 Å². The number of hydrogen-bond acceptors (Lipinski definition) is 6. The molecule has 1 saturated heterocycles. The molecule has 1 aromatic rings. The largest absolute Gasteiger partial charge is 0.388 e. The molecule has 1 aromatic heterocycles. The normalized spacial score (nSPS) is 23.3. The predicted octanol–water partition coefficient (Wildman–Crippen LogP) is -0.485. The molecule has 1 aliphatic heterocycles. The number of carbonyl (C=O) groups excluding carboxylic acids is 1. The van der Waals surface area contributed by atoms with Crippen molar-refractivity contribution in [1.29, 1.82) is 0 Å². The van der Waals surface area contributed by atoms with E-state index in [0.29, 0.717) is 5.16 Å². The topological polar surface area (TPSA) is 91.5 Å². The van der Waals surface area contributed by atoms with Gasteiger partial charge in [-0.05, 0) is 13.8 Å². The van der Waals surface area contributed by atoms with Crippen LogP contribution in [-0.4, -0.2) is 66.8 Å². The SMILES string of the molecule is CC(C)n1cnnc1SCC(=O)N1CC(O)C(O)C1. The standard InChI is InChI=1S/C11H18N4O3S/c1-7(2)15-6-12-13-11(15)19-5-10(18)14-3-8(16)9(17)4-14/h6-9,16-17H,3-5H2,1-2H3. The minimum absolute atomic E-state index is 0.112. The Hall–Kier alpha value is -1.12. The second-order valence-electron chi connectivity index (χ2n) is 4.84. The number of amides is 1. The van der Waals surface area contributed by atoms with Crippen molar-refractivity contribution >= 4 is 17.7 Å². The zero-order chi connectivity index (χ0) is 14.0. The third-order valence-electron chi connectivity index (χ3n) is 3.03. The Kier molecular flexibility index (Phi) is 4.43. The molecule has 8 heteroatoms. The van der Waals surface area contributed by atoms with E-state index in [2.05, 4.69) is 10.2 Å². The molecule has 2 N–H and O–H groups in total. The number of thioether (sulfide) groups is 1. The van der Waals surface area contributed by atoms with Crippen molar-refractivity contribution in [1.82, 2.24) is 19.7 Å². The molecule has 0 radical (unpaired) electrons. The van der Waals surface area contributed by atoms with Crippen molar-refractivity contribution in [3.05, 3.63) is 6.33 Å². The first kappa shape index (κ1) is 14.3. The summed E-state index contributed by atoms with van der Waals surface area (Å²) in [4.78, 5) is 13.4. The highest BCUT2D eigenvalue weighted by Gasteiger charge is 2.32. The van der Waals surface area contributed by atoms with Crippen LogP contribution in [0.15, 0.2) is 11.5 Å². The lowest BCUT2D eigenvalue weighted by molar-refractivity contribution is -0.127. The van der Waals surface area contributed by atoms with Crippen LogP contribution in [0, 0.1) is 0 Å². The molecule has 1 amide bonds. The lowest BCUT2D eigenvalue weighted by atomic mass is 10.3. The van der Waals surface area contributed by atoms with E-state index in [1.54, 1.807) is 6.33 Å². The Balaban J connectivity index is 1.89. The summed E-state index contributed by atoms with van der Waals surface area (Å²) >= 11 is 1.31. The van der Waals surface area contributed by atoms with Gasteiger partial charge in [0.1, 0.15) is 6.33 Å². The maximum Gasteiger partial charge on any atom is 0.233 e. The highest BCUT2D eigenvalue weighted by molar-refractivity contribution is 7.99. The molecule has 7 nitrogen and oxygen atoms in total. The van der Waals surface area contributed by atoms with Gasteiger partial charge in [-0.1, -0.05) is 11.8 Å². The fraction of sp³-hybridized carbons (Fsp3) is 0.727. The second kappa shape index (κ2) is 5.89. The minimum Gasteiger partial charge on any atom is -0.388 e. The smallest absolute Gasteiger partial charge is 0.233 e. The van der Waals surface area contributed by atoms with Crippen LogP contribution in [0.4, 0.5) is 0 Å². The van der Waals surface area contributed by atoms with Gasteiger partial charge in [0, 0.05) is 19.1 Å². The maximum atomic E-state index is 11.9. The van der Waals surface area contributed by atoms with Gasteiger partial charge in [-0.2, -0.15) is 0 Å². The molecule has 2 atom stereocenters. The van der Waals surface area contributed by atoms with Gasteiger partial charge in [0.2, 0.25) is 5.91 Å². The summed E-state index contributed by atoms with van der Waals surface area (Å²) in [6.07, 6.45) is -0.0394. The predicted molar refractivity (Wildman–Crippen MR) is 69.7 cm³/mol. The Morgan fingerprint density at radius 1 is 1.47 bits per heavy atom. The van der Waals surface area contributed by atoms with Gasteiger partial charge in [-0.15, -0.1) is 10.2 Å². The number of aliphatic hydroxyl groups excluding tert-OH is 2. The van der Waals surface area contributed by atoms with Crippen molar-refractivity contribution in [3.63, 3.8) is 0 Å². The quantitative estimate of drug-likeness (QED) is 0.726. The van der Waals surface area contributed by atoms with E-state index in [1.807, 2.05) is 18.4 Å². The molecule has 2 unspecified atom stereocenters. The van der Waals surface area contributed by atoms with E-state index < -0.39 is 12.2 Å². The Morgan fingerprint density at radius 3 is 2.68 bits per heavy atom. The number of aromatic nitrogens is 3. The molecule has 1 fully saturated rings. The summed E-state index contributed by atoms with van der Waals surface area (Å²) in [6.45, 7) is 4.42. The van der Waals surface area contributed by atoms with Gasteiger partial charge < -0.3 is 19.7 Å². The Bertz CT molecular complexity index is 441. The third kappa shape index (κ3) is 3.26. The van der Waals surface area contributed by atoms with E-state index in [-0.39, 0.29) is 30.8 Å². The fourth-order valence-electron chi connectivity index (χ4n) is 1.88. The van der Waals surface area contributed by atoms with Crippen LogP contribution in [0.25, 0.3) is 0 Å². The third-order valence-corrected chi connectivity index (χ3v) is 3.97. The van der Waals surface area contributed by atoms with E-state index in [0.717, 1.165) is 0 Å². The van der Waals surface area contributed by atoms with E-state index in [1.165, 1.54) is 16.7 Å². The van der Waals surface area contributed by atoms with Gasteiger partial charge in [0.15, 0.2) is 5.16 Å². The van der Waals surface area contributed by atoms with Gasteiger partial charge >= 0.3 is 0 Å². The van der Waals surface area contributed by atoms with Crippen molar-refractivity contribution in [2.45, 2.75) is 37.3 Å². The highest BCUT2D eigenvalue weighted by atomic mass is 32.2. The number of nitrogens with zero attached hydrogens (tertiary/aromatic N) is 4. The Labute approximate surface area is 115 Å². The van der Waals surface area contributed by atoms with E-state index in [9.17, 15) is 15.0 Å². The summed E-state index contributed by atoms with van der Waals surface area (Å²) in [5, 5.41) is 27.3. The maximum absolute atomic E-state index is 11.9. The van der Waals surface area contributed by atoms with Crippen molar-refractivity contribution in [2.75, 3.05) is 18.8 Å². The molecule has 0 bridgehead atoms. The first-order valence-corrected chi connectivity index (χ1v) is 7.13. The first-order chi connectivity index (χ1) is 8.99. The molecule has 2 heterocycles. The van der Waals surface area contributed by atoms with Crippen LogP contribution in [0.5, 0.6) is 0 Å². The Morgan fingerprint density at radius 2 is 2.11 bits per heavy atom. The monoisotopic (exact) mass is 286 g/mol. The second-order valence-corrected chi connectivity index (χ2v) is 5.78. The number of rotatable bonds is 4. The summed E-state index contributed by atoms with van der Waals surface area (Å²) in [5.41, 5.74) is 0. The van der Waals surface area contributed by atoms with Crippen molar-refractivity contribution in [3.8, 4) is 0 Å². The molecule has 2 rings (SSSR count). The van der Waals surface area contributed by atoms with Crippen LogP contribution >= 0.6 is 11.8 Å². The number of hydrogen-bond donors (Lipinski definition) is 2. The molecular formula is C11H18N4O3S. The zero-order valence-electron chi connectivity index (χ0n) is 10.9. The van der Waals surface area contributed by atoms with Crippen LogP contribution in [0.1, 0.15) is 19.9 Å².